The van der Waals surface area contributed by atoms with Gasteiger partial charge in [-0.25, -0.2) is 9.59 Å². The fourth-order valence-electron chi connectivity index (χ4n) is 2.94. The summed E-state index contributed by atoms with van der Waals surface area (Å²) in [6.07, 6.45) is 3.05. The number of hydrogen-bond acceptors (Lipinski definition) is 4. The van der Waals surface area contributed by atoms with Gasteiger partial charge >= 0.3 is 11.9 Å². The van der Waals surface area contributed by atoms with Gasteiger partial charge in [0, 0.05) is 18.9 Å². The van der Waals surface area contributed by atoms with Crippen LogP contribution in [0, 0.1) is 0 Å². The summed E-state index contributed by atoms with van der Waals surface area (Å²) in [6, 6.07) is 15.0. The molecule has 0 saturated heterocycles. The molecule has 3 aromatic rings. The number of amides is 2. The number of nitrogens with one attached hydrogen (secondary N) is 2. The van der Waals surface area contributed by atoms with Crippen LogP contribution in [-0.2, 0) is 16.6 Å². The van der Waals surface area contributed by atoms with E-state index in [9.17, 15) is 29.4 Å². The Morgan fingerprint density at radius 2 is 1.22 bits per heavy atom. The number of aromatic nitrogens is 1. The van der Waals surface area contributed by atoms with Crippen LogP contribution in [0.2, 0.25) is 0 Å². The Kier molecular flexibility index (Phi) is 6.50. The lowest BCUT2D eigenvalue weighted by Gasteiger charge is -2.13. The molecular weight excluding hydrogens is 414 g/mol. The summed E-state index contributed by atoms with van der Waals surface area (Å²) in [6.45, 7) is 0. The number of carbonyl (C=O) groups is 4. The van der Waals surface area contributed by atoms with Crippen molar-refractivity contribution < 1.29 is 29.4 Å². The Morgan fingerprint density at radius 1 is 0.750 bits per heavy atom. The highest BCUT2D eigenvalue weighted by Crippen LogP contribution is 2.20. The number of aromatic carboxylic acids is 2. The van der Waals surface area contributed by atoms with E-state index in [1.165, 1.54) is 42.5 Å². The van der Waals surface area contributed by atoms with Crippen molar-refractivity contribution in [3.05, 3.63) is 89.3 Å². The molecule has 9 heteroatoms. The Labute approximate surface area is 182 Å². The zero-order valence-corrected chi connectivity index (χ0v) is 16.9. The third-order valence-electron chi connectivity index (χ3n) is 4.58. The van der Waals surface area contributed by atoms with Gasteiger partial charge in [0.25, 0.3) is 11.8 Å². The van der Waals surface area contributed by atoms with E-state index in [1.807, 2.05) is 0 Å². The monoisotopic (exact) mass is 433 g/mol. The molecule has 1 aromatic heterocycles. The quantitative estimate of drug-likeness (QED) is 0.257. The van der Waals surface area contributed by atoms with E-state index in [-0.39, 0.29) is 28.1 Å². The molecule has 4 N–H and O–H groups in total. The molecule has 9 nitrogen and oxygen atoms in total. The smallest absolute Gasteiger partial charge is 0.337 e. The minimum Gasteiger partial charge on any atom is -0.478 e. The molecule has 3 rings (SSSR count). The van der Waals surface area contributed by atoms with Gasteiger partial charge in [-0.3, -0.25) is 9.59 Å². The maximum Gasteiger partial charge on any atom is 0.337 e. The summed E-state index contributed by atoms with van der Waals surface area (Å²) in [5, 5.41) is 23.6. The van der Waals surface area contributed by atoms with Crippen molar-refractivity contribution in [1.82, 2.24) is 4.57 Å². The summed E-state index contributed by atoms with van der Waals surface area (Å²) in [5.41, 5.74) is -0.0649. The van der Waals surface area contributed by atoms with Crippen LogP contribution in [0.4, 0.5) is 11.4 Å². The molecule has 0 saturated carbocycles. The fraction of sp³-hybridized carbons (Fsp3) is 0.0435. The first-order valence-electron chi connectivity index (χ1n) is 9.38. The third-order valence-corrected chi connectivity index (χ3v) is 4.58. The Hall–Kier alpha value is -4.66. The largest absolute Gasteiger partial charge is 0.478 e. The number of anilines is 2. The van der Waals surface area contributed by atoms with Crippen LogP contribution in [0.5, 0.6) is 0 Å². The number of rotatable bonds is 7. The van der Waals surface area contributed by atoms with Gasteiger partial charge < -0.3 is 25.4 Å². The van der Waals surface area contributed by atoms with Gasteiger partial charge in [0.1, 0.15) is 5.57 Å². The molecule has 0 spiro atoms. The maximum atomic E-state index is 13.0. The van der Waals surface area contributed by atoms with Crippen molar-refractivity contribution in [1.29, 1.82) is 0 Å². The minimum atomic E-state index is -1.24. The molecule has 162 valence electrons. The fourth-order valence-corrected chi connectivity index (χ4v) is 2.94. The zero-order valence-electron chi connectivity index (χ0n) is 16.9. The number of hydrogen-bond donors (Lipinski definition) is 4. The number of aryl methyl sites for hydroxylation is 1. The highest BCUT2D eigenvalue weighted by Gasteiger charge is 2.23. The molecule has 0 bridgehead atoms. The number of para-hydroxylation sites is 2. The maximum absolute atomic E-state index is 13.0. The molecule has 1 heterocycles. The van der Waals surface area contributed by atoms with E-state index in [4.69, 9.17) is 0 Å². The van der Waals surface area contributed by atoms with Gasteiger partial charge in [-0.2, -0.15) is 0 Å². The third kappa shape index (κ3) is 4.90. The summed E-state index contributed by atoms with van der Waals surface area (Å²) in [4.78, 5) is 48.9. The van der Waals surface area contributed by atoms with Crippen LogP contribution >= 0.6 is 0 Å². The van der Waals surface area contributed by atoms with E-state index in [0.717, 1.165) is 0 Å². The molecule has 0 atom stereocenters. The molecule has 0 aliphatic rings. The lowest BCUT2D eigenvalue weighted by atomic mass is 10.1. The first-order valence-corrected chi connectivity index (χ1v) is 9.38. The predicted octanol–water partition coefficient (Wildman–Crippen LogP) is 3.08. The summed E-state index contributed by atoms with van der Waals surface area (Å²) in [7, 11) is 1.72. The van der Waals surface area contributed by atoms with E-state index in [0.29, 0.717) is 5.69 Å². The van der Waals surface area contributed by atoms with Crippen LogP contribution in [0.3, 0.4) is 0 Å². The first kappa shape index (κ1) is 22.0. The predicted molar refractivity (Wildman–Crippen MR) is 117 cm³/mol. The second-order valence-corrected chi connectivity index (χ2v) is 6.71. The minimum absolute atomic E-state index is 0.0153. The van der Waals surface area contributed by atoms with E-state index < -0.39 is 23.8 Å². The van der Waals surface area contributed by atoms with Gasteiger partial charge in [0.2, 0.25) is 0 Å². The number of carbonyl (C=O) groups excluding carboxylic acids is 2. The van der Waals surface area contributed by atoms with Crippen molar-refractivity contribution in [3.63, 3.8) is 0 Å². The first-order chi connectivity index (χ1) is 15.3. The summed E-state index contributed by atoms with van der Waals surface area (Å²) in [5.74, 6) is -4.20. The zero-order chi connectivity index (χ0) is 23.3. The van der Waals surface area contributed by atoms with Gasteiger partial charge in [0.15, 0.2) is 0 Å². The summed E-state index contributed by atoms with van der Waals surface area (Å²) < 4.78 is 1.68. The van der Waals surface area contributed by atoms with Crippen LogP contribution in [0.25, 0.3) is 6.08 Å². The molecular formula is C23H19N3O6. The molecule has 0 aliphatic carbocycles. The van der Waals surface area contributed by atoms with E-state index >= 15 is 0 Å². The topological polar surface area (TPSA) is 138 Å². The average Bonchev–Trinajstić information content (AvgIpc) is 3.16. The van der Waals surface area contributed by atoms with E-state index in [1.54, 1.807) is 42.1 Å². The molecule has 32 heavy (non-hydrogen) atoms. The Balaban J connectivity index is 1.98. The second kappa shape index (κ2) is 9.43. The number of nitrogens with zero attached hydrogens (tertiary/aromatic N) is 1. The molecule has 0 radical (unpaired) electrons. The molecule has 0 fully saturated rings. The molecule has 2 aromatic carbocycles. The number of carboxylic acids is 2. The SMILES string of the molecule is Cn1cccc1C=C(C(=O)Nc1ccccc1C(=O)O)C(=O)Nc1ccccc1C(=O)O. The highest BCUT2D eigenvalue weighted by molar-refractivity contribution is 6.29. The molecule has 2 amide bonds. The Bertz CT molecular complexity index is 1170. The highest BCUT2D eigenvalue weighted by atomic mass is 16.4. The average molecular weight is 433 g/mol. The summed E-state index contributed by atoms with van der Waals surface area (Å²) >= 11 is 0. The van der Waals surface area contributed by atoms with Crippen LogP contribution in [0.15, 0.2) is 72.4 Å². The standard InChI is InChI=1S/C23H19N3O6/c1-26-12-6-7-14(26)13-17(20(27)24-18-10-4-2-8-15(18)22(29)30)21(28)25-19-11-5-3-9-16(19)23(31)32/h2-13H,1H3,(H,24,27)(H,25,28)(H,29,30)(H,31,32). The van der Waals surface area contributed by atoms with Crippen molar-refractivity contribution in [2.24, 2.45) is 7.05 Å². The van der Waals surface area contributed by atoms with Gasteiger partial charge in [-0.1, -0.05) is 24.3 Å². The lowest BCUT2D eigenvalue weighted by Crippen LogP contribution is -2.26. The molecule has 0 unspecified atom stereocenters. The van der Waals surface area contributed by atoms with Gasteiger partial charge in [0.05, 0.1) is 22.5 Å². The van der Waals surface area contributed by atoms with E-state index in [2.05, 4.69) is 10.6 Å². The van der Waals surface area contributed by atoms with Crippen molar-refractivity contribution >= 4 is 41.2 Å². The molecule has 0 aliphatic heterocycles. The van der Waals surface area contributed by atoms with Crippen LogP contribution in [-0.4, -0.2) is 38.5 Å². The van der Waals surface area contributed by atoms with Gasteiger partial charge in [-0.15, -0.1) is 0 Å². The van der Waals surface area contributed by atoms with Crippen molar-refractivity contribution in [2.75, 3.05) is 10.6 Å². The van der Waals surface area contributed by atoms with Crippen LogP contribution < -0.4 is 10.6 Å². The van der Waals surface area contributed by atoms with Crippen LogP contribution in [0.1, 0.15) is 26.4 Å². The van der Waals surface area contributed by atoms with Gasteiger partial charge in [-0.05, 0) is 42.5 Å². The number of benzene rings is 2. The lowest BCUT2D eigenvalue weighted by molar-refractivity contribution is -0.118. The van der Waals surface area contributed by atoms with Crippen molar-refractivity contribution in [2.45, 2.75) is 0 Å². The second-order valence-electron chi connectivity index (χ2n) is 6.71. The number of carboxylic acid groups (broad SMARTS) is 2. The Morgan fingerprint density at radius 3 is 1.62 bits per heavy atom. The normalized spacial score (nSPS) is 10.2. The van der Waals surface area contributed by atoms with Crippen molar-refractivity contribution in [3.8, 4) is 0 Å².